The molecular weight excluding hydrogens is 248 g/mol. The summed E-state index contributed by atoms with van der Waals surface area (Å²) in [5, 5.41) is 0. The lowest BCUT2D eigenvalue weighted by Crippen LogP contribution is -2.36. The first-order chi connectivity index (χ1) is 9.88. The predicted molar refractivity (Wildman–Crippen MR) is 84.6 cm³/mol. The fourth-order valence-electron chi connectivity index (χ4n) is 2.52. The maximum Gasteiger partial charge on any atom is 0.0593 e. The zero-order chi connectivity index (χ0) is 14.0. The van der Waals surface area contributed by atoms with Crippen molar-refractivity contribution in [2.75, 3.05) is 39.4 Å². The summed E-state index contributed by atoms with van der Waals surface area (Å²) in [4.78, 5) is 7.25. The van der Waals surface area contributed by atoms with Gasteiger partial charge in [-0.1, -0.05) is 30.3 Å². The largest absolute Gasteiger partial charge is 0.380 e. The molecule has 110 valence electrons. The highest BCUT2D eigenvalue weighted by Crippen LogP contribution is 2.08. The molecule has 1 aromatic rings. The third-order valence-corrected chi connectivity index (χ3v) is 3.77. The monoisotopic (exact) mass is 274 g/mol. The molecule has 0 unspecified atom stereocenters. The fourth-order valence-corrected chi connectivity index (χ4v) is 2.52. The summed E-state index contributed by atoms with van der Waals surface area (Å²) in [6, 6.07) is 10.6. The van der Waals surface area contributed by atoms with Gasteiger partial charge >= 0.3 is 0 Å². The Morgan fingerprint density at radius 2 is 1.90 bits per heavy atom. The molecule has 0 saturated carbocycles. The molecule has 1 heterocycles. The van der Waals surface area contributed by atoms with E-state index in [1.54, 1.807) is 0 Å². The highest BCUT2D eigenvalue weighted by atomic mass is 16.5. The van der Waals surface area contributed by atoms with Gasteiger partial charge in [0.1, 0.15) is 0 Å². The summed E-state index contributed by atoms with van der Waals surface area (Å²) in [7, 11) is 0. The first-order valence-corrected chi connectivity index (χ1v) is 7.74. The molecule has 0 radical (unpaired) electrons. The maximum atomic E-state index is 5.41. The highest BCUT2D eigenvalue weighted by molar-refractivity contribution is 5.85. The number of hydrogen-bond acceptors (Lipinski definition) is 3. The van der Waals surface area contributed by atoms with Crippen LogP contribution in [0.5, 0.6) is 0 Å². The molecule has 0 amide bonds. The molecule has 3 nitrogen and oxygen atoms in total. The number of benzene rings is 1. The van der Waals surface area contributed by atoms with E-state index < -0.39 is 0 Å². The zero-order valence-electron chi connectivity index (χ0n) is 12.6. The molecule has 0 spiro atoms. The minimum absolute atomic E-state index is 0.819. The minimum Gasteiger partial charge on any atom is -0.380 e. The van der Waals surface area contributed by atoms with Crippen molar-refractivity contribution in [2.45, 2.75) is 26.2 Å². The van der Waals surface area contributed by atoms with Gasteiger partial charge in [-0.2, -0.15) is 0 Å². The van der Waals surface area contributed by atoms with Crippen LogP contribution in [0.2, 0.25) is 0 Å². The second kappa shape index (κ2) is 8.88. The van der Waals surface area contributed by atoms with E-state index in [2.05, 4.69) is 35.2 Å². The summed E-state index contributed by atoms with van der Waals surface area (Å²) >= 11 is 0. The van der Waals surface area contributed by atoms with Crippen LogP contribution in [0.3, 0.4) is 0 Å². The Labute approximate surface area is 122 Å². The van der Waals surface area contributed by atoms with Gasteiger partial charge < -0.3 is 9.64 Å². The molecule has 0 N–H and O–H groups in total. The van der Waals surface area contributed by atoms with Crippen molar-refractivity contribution in [2.24, 2.45) is 4.99 Å². The number of nitrogens with zero attached hydrogens (tertiary/aromatic N) is 2. The Morgan fingerprint density at radius 1 is 1.15 bits per heavy atom. The highest BCUT2D eigenvalue weighted by Gasteiger charge is 2.13. The van der Waals surface area contributed by atoms with Crippen molar-refractivity contribution < 1.29 is 4.74 Å². The Balaban J connectivity index is 1.64. The molecule has 1 fully saturated rings. The van der Waals surface area contributed by atoms with E-state index >= 15 is 0 Å². The van der Waals surface area contributed by atoms with Crippen molar-refractivity contribution in [3.8, 4) is 0 Å². The van der Waals surface area contributed by atoms with E-state index in [4.69, 9.17) is 9.73 Å². The molecule has 3 heteroatoms. The Morgan fingerprint density at radius 3 is 2.60 bits per heavy atom. The average molecular weight is 274 g/mol. The van der Waals surface area contributed by atoms with Crippen LogP contribution in [0, 0.1) is 0 Å². The molecule has 1 aromatic carbocycles. The number of aliphatic imine (C=N–C) groups is 1. The van der Waals surface area contributed by atoms with E-state index in [-0.39, 0.29) is 0 Å². The van der Waals surface area contributed by atoms with Crippen LogP contribution in [-0.4, -0.2) is 50.0 Å². The molecule has 0 bridgehead atoms. The van der Waals surface area contributed by atoms with Gasteiger partial charge in [-0.25, -0.2) is 0 Å². The lowest BCUT2D eigenvalue weighted by molar-refractivity contribution is 0.113. The normalized spacial score (nSPS) is 16.4. The quantitative estimate of drug-likeness (QED) is 0.714. The van der Waals surface area contributed by atoms with Crippen LogP contribution in [0.1, 0.15) is 25.3 Å². The van der Waals surface area contributed by atoms with Gasteiger partial charge in [-0.05, 0) is 31.7 Å². The Kier molecular flexibility index (Phi) is 6.75. The number of rotatable bonds is 7. The Bertz CT molecular complexity index is 393. The summed E-state index contributed by atoms with van der Waals surface area (Å²) in [5.41, 5.74) is 2.78. The van der Waals surface area contributed by atoms with E-state index in [0.29, 0.717) is 0 Å². The third-order valence-electron chi connectivity index (χ3n) is 3.77. The van der Waals surface area contributed by atoms with E-state index in [1.165, 1.54) is 11.3 Å². The molecule has 0 aromatic heterocycles. The van der Waals surface area contributed by atoms with Crippen molar-refractivity contribution in [1.82, 2.24) is 4.90 Å². The van der Waals surface area contributed by atoms with Crippen LogP contribution < -0.4 is 0 Å². The second-order valence-corrected chi connectivity index (χ2v) is 5.22. The zero-order valence-corrected chi connectivity index (χ0v) is 12.6. The fraction of sp³-hybridized carbons (Fsp3) is 0.588. The van der Waals surface area contributed by atoms with Gasteiger partial charge in [0.2, 0.25) is 0 Å². The molecule has 20 heavy (non-hydrogen) atoms. The number of hydrogen-bond donors (Lipinski definition) is 0. The standard InChI is InChI=1S/C17H26N2O/c1-2-20-15-14-19-12-9-17(10-13-19)18-11-8-16-6-4-3-5-7-16/h3-7H,2,8-15H2,1H3. The van der Waals surface area contributed by atoms with Crippen molar-refractivity contribution in [3.05, 3.63) is 35.9 Å². The summed E-state index contributed by atoms with van der Waals surface area (Å²) in [6.07, 6.45) is 3.31. The van der Waals surface area contributed by atoms with Crippen LogP contribution >= 0.6 is 0 Å². The minimum atomic E-state index is 0.819. The maximum absolute atomic E-state index is 5.41. The van der Waals surface area contributed by atoms with Crippen LogP contribution in [-0.2, 0) is 11.2 Å². The second-order valence-electron chi connectivity index (χ2n) is 5.22. The average Bonchev–Trinajstić information content (AvgIpc) is 2.50. The molecule has 2 rings (SSSR count). The summed E-state index contributed by atoms with van der Waals surface area (Å²) in [5.74, 6) is 0. The molecule has 1 aliphatic heterocycles. The lowest BCUT2D eigenvalue weighted by atomic mass is 10.1. The first-order valence-electron chi connectivity index (χ1n) is 7.74. The van der Waals surface area contributed by atoms with Crippen molar-refractivity contribution in [1.29, 1.82) is 0 Å². The van der Waals surface area contributed by atoms with Crippen molar-refractivity contribution in [3.63, 3.8) is 0 Å². The van der Waals surface area contributed by atoms with E-state index in [0.717, 1.165) is 58.7 Å². The lowest BCUT2D eigenvalue weighted by Gasteiger charge is -2.27. The predicted octanol–water partition coefficient (Wildman–Crippen LogP) is 2.80. The molecule has 0 atom stereocenters. The first kappa shape index (κ1) is 15.2. The number of piperidine rings is 1. The molecule has 1 aliphatic rings. The number of likely N-dealkylation sites (tertiary alicyclic amines) is 1. The van der Waals surface area contributed by atoms with Gasteiger partial charge in [0.05, 0.1) is 6.61 Å². The van der Waals surface area contributed by atoms with E-state index in [9.17, 15) is 0 Å². The van der Waals surface area contributed by atoms with Gasteiger partial charge in [-0.3, -0.25) is 4.99 Å². The topological polar surface area (TPSA) is 24.8 Å². The van der Waals surface area contributed by atoms with Gasteiger partial charge in [0.15, 0.2) is 0 Å². The molecule has 0 aliphatic carbocycles. The summed E-state index contributed by atoms with van der Waals surface area (Å²) < 4.78 is 5.41. The SMILES string of the molecule is CCOCCN1CCC(=NCCc2ccccc2)CC1. The van der Waals surface area contributed by atoms with Gasteiger partial charge in [-0.15, -0.1) is 0 Å². The van der Waals surface area contributed by atoms with Gasteiger partial charge in [0.25, 0.3) is 0 Å². The van der Waals surface area contributed by atoms with Crippen LogP contribution in [0.4, 0.5) is 0 Å². The van der Waals surface area contributed by atoms with Crippen molar-refractivity contribution >= 4 is 5.71 Å². The van der Waals surface area contributed by atoms with Gasteiger partial charge in [0, 0.05) is 38.5 Å². The Hall–Kier alpha value is -1.19. The van der Waals surface area contributed by atoms with Crippen LogP contribution in [0.15, 0.2) is 35.3 Å². The summed E-state index contributed by atoms with van der Waals surface area (Å²) in [6.45, 7) is 7.99. The smallest absolute Gasteiger partial charge is 0.0593 e. The number of ether oxygens (including phenoxy) is 1. The van der Waals surface area contributed by atoms with E-state index in [1.807, 2.05) is 6.92 Å². The third kappa shape index (κ3) is 5.43. The molecular formula is C17H26N2O. The molecule has 1 saturated heterocycles. The van der Waals surface area contributed by atoms with Crippen LogP contribution in [0.25, 0.3) is 0 Å².